The third-order valence-electron chi connectivity index (χ3n) is 7.07. The van der Waals surface area contributed by atoms with Crippen molar-refractivity contribution in [2.45, 2.75) is 53.6 Å². The van der Waals surface area contributed by atoms with Crippen LogP contribution in [0.2, 0.25) is 13.1 Å². The van der Waals surface area contributed by atoms with Crippen LogP contribution >= 0.6 is 0 Å². The Hall–Kier alpha value is -2.22. The van der Waals surface area contributed by atoms with Gasteiger partial charge in [0.05, 0.1) is 0 Å². The first-order chi connectivity index (χ1) is 19.1. The van der Waals surface area contributed by atoms with E-state index in [4.69, 9.17) is 0 Å². The van der Waals surface area contributed by atoms with Crippen LogP contribution in [0.4, 0.5) is 0 Å². The van der Waals surface area contributed by atoms with Crippen LogP contribution in [0.25, 0.3) is 43.8 Å². The Bertz CT molecular complexity index is 1740. The van der Waals surface area contributed by atoms with Gasteiger partial charge >= 0.3 is 41.9 Å². The third kappa shape index (κ3) is 9.14. The Balaban J connectivity index is 0.000000251. The maximum atomic E-state index is 2.35. The largest absolute Gasteiger partial charge is 1.00 e. The first kappa shape index (κ1) is 36.0. The van der Waals surface area contributed by atoms with Crippen LogP contribution < -0.4 is 24.8 Å². The average Bonchev–Trinajstić information content (AvgIpc) is 3.52. The molecule has 4 heteroatoms. The summed E-state index contributed by atoms with van der Waals surface area (Å²) in [6.45, 7) is 15.6. The van der Waals surface area contributed by atoms with Gasteiger partial charge in [-0.05, 0) is 36.5 Å². The normalized spacial score (nSPS) is 10.2. The Morgan fingerprint density at radius 2 is 1.21 bits per heavy atom. The van der Waals surface area contributed by atoms with Gasteiger partial charge in [-0.15, -0.1) is 63.0 Å². The number of benzene rings is 4. The van der Waals surface area contributed by atoms with Crippen LogP contribution in [0.5, 0.6) is 0 Å². The molecule has 0 saturated heterocycles. The molecule has 42 heavy (non-hydrogen) atoms. The van der Waals surface area contributed by atoms with E-state index in [1.165, 1.54) is 66.1 Å². The standard InChI is InChI=1S/C19H19.C17H15.C2H6Si.2ClH.Zr/c1-13(2)16-11-15-8-6-10-18(19(15)12-16)17-9-5-4-7-14(17)3;1-12-8-15-9-13(2)11-17(15)16(10-12)14-6-4-3-5-7-14;1-3-2;;;/h4-13H,1-3H3;3-11H,1-2H3;1-2H3;2*1H;/q2*-1;;;;+2/p-2. The smallest absolute Gasteiger partial charge is 0.0250 e. The molecule has 0 bridgehead atoms. The maximum Gasteiger partial charge on any atom is -0.0250 e. The molecule has 0 fully saturated rings. The summed E-state index contributed by atoms with van der Waals surface area (Å²) in [6, 6.07) is 39.6. The summed E-state index contributed by atoms with van der Waals surface area (Å²) in [5, 5.41) is 5.44. The van der Waals surface area contributed by atoms with E-state index < -0.39 is 0 Å². The van der Waals surface area contributed by atoms with Crippen LogP contribution in [-0.2, 0) is 23.3 Å². The minimum Gasteiger partial charge on any atom is -1.00 e. The van der Waals surface area contributed by atoms with Crippen LogP contribution in [0.1, 0.15) is 42.0 Å². The van der Waals surface area contributed by atoms with Gasteiger partial charge in [-0.3, -0.25) is 0 Å². The Labute approximate surface area is 280 Å². The van der Waals surface area contributed by atoms with Crippen molar-refractivity contribution in [3.63, 3.8) is 0 Å². The van der Waals surface area contributed by atoms with Gasteiger partial charge in [0.1, 0.15) is 0 Å². The Kier molecular flexibility index (Phi) is 14.2. The van der Waals surface area contributed by atoms with Crippen molar-refractivity contribution in [3.8, 4) is 22.3 Å². The molecule has 0 aliphatic rings. The van der Waals surface area contributed by atoms with E-state index in [1.807, 2.05) is 0 Å². The van der Waals surface area contributed by atoms with Crippen molar-refractivity contribution in [1.29, 1.82) is 0 Å². The van der Waals surface area contributed by atoms with Gasteiger partial charge in [0, 0.05) is 0 Å². The number of rotatable bonds is 3. The Morgan fingerprint density at radius 3 is 1.86 bits per heavy atom. The van der Waals surface area contributed by atoms with Gasteiger partial charge in [-0.1, -0.05) is 104 Å². The molecule has 0 aliphatic heterocycles. The molecule has 6 aromatic carbocycles. The first-order valence-electron chi connectivity index (χ1n) is 14.1. The maximum absolute atomic E-state index is 2.35. The topological polar surface area (TPSA) is 0 Å². The fourth-order valence-corrected chi connectivity index (χ4v) is 5.18. The first-order valence-corrected chi connectivity index (χ1v) is 20.3. The zero-order valence-electron chi connectivity index (χ0n) is 25.7. The predicted molar refractivity (Wildman–Crippen MR) is 176 cm³/mol. The van der Waals surface area contributed by atoms with E-state index >= 15 is 0 Å². The molecule has 0 aliphatic carbocycles. The van der Waals surface area contributed by atoms with Gasteiger partial charge in [0.15, 0.2) is 0 Å². The summed E-state index contributed by atoms with van der Waals surface area (Å²) >= 11 is 1.74. The van der Waals surface area contributed by atoms with Crippen molar-refractivity contribution in [3.05, 3.63) is 131 Å². The van der Waals surface area contributed by atoms with Gasteiger partial charge in [0.2, 0.25) is 0 Å². The minimum atomic E-state index is 0. The van der Waals surface area contributed by atoms with Crippen LogP contribution in [0, 0.1) is 20.8 Å². The summed E-state index contributed by atoms with van der Waals surface area (Å²) in [4.78, 5) is 0. The van der Waals surface area contributed by atoms with Gasteiger partial charge in [-0.2, -0.15) is 12.1 Å². The number of hydrogen-bond acceptors (Lipinski definition) is 0. The van der Waals surface area contributed by atoms with E-state index in [0.717, 1.165) is 0 Å². The summed E-state index contributed by atoms with van der Waals surface area (Å²) < 4.78 is 0. The summed E-state index contributed by atoms with van der Waals surface area (Å²) in [7, 11) is 0. The van der Waals surface area contributed by atoms with Gasteiger partial charge in [-0.25, -0.2) is 0 Å². The second kappa shape index (κ2) is 16.6. The van der Waals surface area contributed by atoms with Crippen molar-refractivity contribution in [2.24, 2.45) is 0 Å². The van der Waals surface area contributed by atoms with Crippen molar-refractivity contribution in [2.75, 3.05) is 0 Å². The molecule has 0 unspecified atom stereocenters. The molecule has 6 rings (SSSR count). The van der Waals surface area contributed by atoms with Gasteiger partial charge < -0.3 is 24.8 Å². The SMILES string of the molecule is C[Si](C)=[Zr+2].Cc1cc(-c2ccccc2)c2cc(C)[cH-]c2c1.Cc1ccccc1-c1cccc2[cH-]c(C(C)C)cc12.[Cl-].[Cl-]. The summed E-state index contributed by atoms with van der Waals surface area (Å²) in [5.41, 5.74) is 11.0. The monoisotopic (exact) mass is 684 g/mol. The number of fused-ring (bicyclic) bond motifs is 2. The molecule has 0 radical (unpaired) electrons. The average molecular weight is 687 g/mol. The zero-order valence-corrected chi connectivity index (χ0v) is 30.7. The van der Waals surface area contributed by atoms with Gasteiger partial charge in [0.25, 0.3) is 0 Å². The van der Waals surface area contributed by atoms with E-state index in [0.29, 0.717) is 5.92 Å². The van der Waals surface area contributed by atoms with Crippen molar-refractivity contribution in [1.82, 2.24) is 0 Å². The van der Waals surface area contributed by atoms with Crippen molar-refractivity contribution < 1.29 is 48.1 Å². The fourth-order valence-electron chi connectivity index (χ4n) is 5.18. The Morgan fingerprint density at radius 1 is 0.619 bits per heavy atom. The number of hydrogen-bond donors (Lipinski definition) is 0. The number of aryl methyl sites for hydroxylation is 3. The predicted octanol–water partition coefficient (Wildman–Crippen LogP) is 5.29. The quantitative estimate of drug-likeness (QED) is 0.176. The van der Waals surface area contributed by atoms with E-state index in [2.05, 4.69) is 157 Å². The molecule has 216 valence electrons. The molecule has 0 amide bonds. The molecule has 6 aromatic rings. The molecular formula is C38H40Cl2SiZr-2. The molecule has 0 N–H and O–H groups in total. The zero-order chi connectivity index (χ0) is 28.8. The van der Waals surface area contributed by atoms with Crippen LogP contribution in [-0.4, -0.2) is 5.43 Å². The molecule has 0 saturated carbocycles. The minimum absolute atomic E-state index is 0. The molecule has 0 atom stereocenters. The third-order valence-corrected chi connectivity index (χ3v) is 7.07. The van der Waals surface area contributed by atoms with E-state index in [1.54, 1.807) is 23.3 Å². The van der Waals surface area contributed by atoms with E-state index in [-0.39, 0.29) is 30.2 Å². The van der Waals surface area contributed by atoms with E-state index in [9.17, 15) is 0 Å². The molecule has 0 aromatic heterocycles. The fraction of sp³-hybridized carbons (Fsp3) is 0.211. The molecule has 0 heterocycles. The molecule has 0 spiro atoms. The summed E-state index contributed by atoms with van der Waals surface area (Å²) in [5.74, 6) is 0.581. The number of halogens is 2. The molecular weight excluding hydrogens is 647 g/mol. The van der Waals surface area contributed by atoms with Crippen LogP contribution in [0.3, 0.4) is 0 Å². The van der Waals surface area contributed by atoms with Crippen LogP contribution in [0.15, 0.2) is 109 Å². The second-order valence-corrected chi connectivity index (χ2v) is 20.7. The van der Waals surface area contributed by atoms with Crippen molar-refractivity contribution >= 4 is 27.0 Å². The molecule has 0 nitrogen and oxygen atoms in total. The second-order valence-electron chi connectivity index (χ2n) is 11.3. The summed E-state index contributed by atoms with van der Waals surface area (Å²) in [6.07, 6.45) is 0.